The molecule has 2 saturated heterocycles. The van der Waals surface area contributed by atoms with Crippen molar-refractivity contribution in [3.05, 3.63) is 94.4 Å². The fourth-order valence-corrected chi connectivity index (χ4v) is 28.6. The smallest absolute Gasteiger partial charge is 0.160 e. The molecule has 1 aromatic rings. The molecule has 3 aliphatic heterocycles. The average Bonchev–Trinajstić information content (AvgIpc) is 1.37. The number of aliphatic hydroxyl groups is 5. The van der Waals surface area contributed by atoms with Gasteiger partial charge in [0.05, 0.1) is 36.3 Å². The molecule has 11 fully saturated rings. The number of aliphatic hydroxyl groups excluding tert-OH is 3. The number of ketones is 1. The van der Waals surface area contributed by atoms with Crippen LogP contribution in [0.15, 0.2) is 83.3 Å². The molecule has 0 aromatic heterocycles. The van der Waals surface area contributed by atoms with Gasteiger partial charge in [0.1, 0.15) is 24.1 Å². The monoisotopic (exact) mass is 1250 g/mol. The molecular formula is C81H108N2O9. The maximum Gasteiger partial charge on any atom is 0.160 e. The lowest BCUT2D eigenvalue weighted by molar-refractivity contribution is -0.238. The molecule has 3 heterocycles. The topological polar surface area (TPSA) is 195 Å². The molecule has 11 heteroatoms. The summed E-state index contributed by atoms with van der Waals surface area (Å²) in [6.45, 7) is 9.44. The van der Waals surface area contributed by atoms with Gasteiger partial charge in [0.25, 0.3) is 0 Å². The van der Waals surface area contributed by atoms with Gasteiger partial charge >= 0.3 is 0 Å². The van der Waals surface area contributed by atoms with Gasteiger partial charge in [-0.25, -0.2) is 0 Å². The quantitative estimate of drug-likeness (QED) is 0.0482. The molecule has 22 atom stereocenters. The highest BCUT2D eigenvalue weighted by atomic mass is 16.6. The first-order chi connectivity index (χ1) is 44.1. The molecule has 6 spiro atoms. The molecule has 18 rings (SSSR count). The SMILES string of the molecule is C[C@@H]1CCO[C@]([C@H]2CC[C@@]3(O)C4=CC(=O)[C@@H]5[C@@H]6C=C[C@@]78C=C([C@@]9(CO)C[C@H](C=O)C[C@]9%10CCC9(CCCC9)C%10)C[C@@]59[C@H]4[C@@H](CCc4ccccc4CC#C[C@@H]([C@@]4(CCC5(CCCC5)C4)C7)[C@@]89C[C@@H]6O)C[C@]23C)([C@H]2O[C@@H]2[C@](C)(O)[C@](C)(CO)CCC2=CCNC(N)=C2)C1. The highest BCUT2D eigenvalue weighted by Gasteiger charge is 2.87. The number of nitrogens with one attached hydrogen (secondary N) is 1. The predicted molar refractivity (Wildman–Crippen MR) is 353 cm³/mol. The molecule has 496 valence electrons. The van der Waals surface area contributed by atoms with E-state index in [-0.39, 0.29) is 76.2 Å². The minimum atomic E-state index is -1.46. The van der Waals surface area contributed by atoms with Gasteiger partial charge in [0.2, 0.25) is 0 Å². The van der Waals surface area contributed by atoms with Gasteiger partial charge in [-0.05, 0) is 246 Å². The summed E-state index contributed by atoms with van der Waals surface area (Å²) in [7, 11) is 0. The number of fused-ring (bicyclic) bond motifs is 5. The van der Waals surface area contributed by atoms with Crippen LogP contribution in [0, 0.1) is 113 Å². The number of epoxide rings is 1. The van der Waals surface area contributed by atoms with Crippen LogP contribution >= 0.6 is 0 Å². The largest absolute Gasteiger partial charge is 0.396 e. The molecule has 11 nitrogen and oxygen atoms in total. The Morgan fingerprint density at radius 1 is 0.870 bits per heavy atom. The van der Waals surface area contributed by atoms with Gasteiger partial charge in [-0.3, -0.25) is 4.79 Å². The summed E-state index contributed by atoms with van der Waals surface area (Å²) in [5, 5.41) is 69.6. The number of allylic oxidation sites excluding steroid dienone is 5. The number of rotatable bonds is 11. The summed E-state index contributed by atoms with van der Waals surface area (Å²) in [6.07, 6.45) is 39.8. The maximum atomic E-state index is 17.1. The molecule has 4 bridgehead atoms. The molecule has 0 amide bonds. The van der Waals surface area contributed by atoms with Crippen molar-refractivity contribution < 1.29 is 44.6 Å². The van der Waals surface area contributed by atoms with E-state index in [1.165, 1.54) is 80.8 Å². The Morgan fingerprint density at radius 2 is 1.63 bits per heavy atom. The third kappa shape index (κ3) is 7.90. The van der Waals surface area contributed by atoms with E-state index in [1.807, 2.05) is 26.0 Å². The number of dihydropyridines is 1. The van der Waals surface area contributed by atoms with Gasteiger partial charge in [-0.2, -0.15) is 0 Å². The average molecular weight is 1250 g/mol. The van der Waals surface area contributed by atoms with Gasteiger partial charge in [0, 0.05) is 70.3 Å². The minimum absolute atomic E-state index is 0.0197. The lowest BCUT2D eigenvalue weighted by Crippen LogP contribution is -2.73. The van der Waals surface area contributed by atoms with Crippen LogP contribution in [-0.2, 0) is 31.9 Å². The van der Waals surface area contributed by atoms with E-state index in [2.05, 4.69) is 79.6 Å². The fraction of sp³-hybridized carbons (Fsp3) is 0.753. The minimum Gasteiger partial charge on any atom is -0.396 e. The molecule has 0 unspecified atom stereocenters. The Bertz CT molecular complexity index is 3460. The van der Waals surface area contributed by atoms with Crippen LogP contribution in [0.5, 0.6) is 0 Å². The highest BCUT2D eigenvalue weighted by Crippen LogP contribution is 2.90. The maximum absolute atomic E-state index is 17.1. The van der Waals surface area contributed by atoms with Crippen molar-refractivity contribution in [3.8, 4) is 11.8 Å². The number of carbonyl (C=O) groups is 2. The lowest BCUT2D eigenvalue weighted by Gasteiger charge is -2.74. The standard InChI is InChI=1S/C81H108N2O9/c1-51-22-35-91-79(38-51,68-67(92-68)71(4,89)69(2,49-85)27-18-52-21-34-83-64(82)36-52)62-20-29-81(90)59-37-60(87)66-58-19-28-76-42-57(77(50-86)40-53(45-84)39-75(77)33-31-73(47-75)25-9-10-26-73)43-78(66)65(59)56(41-70(62,81)3)17-16-55-13-6-5-12-54(55)14-11-15-63(80(76,78)44-61(58)88)74(48-76)32-30-72(46-74)23-7-8-24-72/h5-6,12-13,19,21,28,36-37,42,45,51,53,56,58,61-63,65-68,83,85-86,88-90H,7-10,14,16-18,20,22-27,29-35,38-41,43-44,46-50,82H2,1-4H3/t51-,53-,56+,58-,61+,62+,63+,65+,66+,67+,68+,69+,70-,71+,74-,75+,76-,77+,78-,79-,80+,81-/m1/s1. The number of aldehydes is 1. The van der Waals surface area contributed by atoms with E-state index < -0.39 is 79.4 Å². The molecule has 0 radical (unpaired) electrons. The molecule has 92 heavy (non-hydrogen) atoms. The molecule has 8 N–H and O–H groups in total. The van der Waals surface area contributed by atoms with Crippen LogP contribution < -0.4 is 11.1 Å². The van der Waals surface area contributed by atoms with Crippen LogP contribution in [0.1, 0.15) is 212 Å². The van der Waals surface area contributed by atoms with Gasteiger partial charge < -0.3 is 50.9 Å². The van der Waals surface area contributed by atoms with Crippen molar-refractivity contribution in [1.29, 1.82) is 0 Å². The first-order valence-electron chi connectivity index (χ1n) is 37.3. The van der Waals surface area contributed by atoms with Crippen LogP contribution in [0.25, 0.3) is 0 Å². The number of hydrogen-bond donors (Lipinski definition) is 7. The molecule has 1 aromatic carbocycles. The van der Waals surface area contributed by atoms with E-state index in [4.69, 9.17) is 15.2 Å². The Balaban J connectivity index is 0.862. The van der Waals surface area contributed by atoms with E-state index >= 15 is 9.90 Å². The zero-order valence-corrected chi connectivity index (χ0v) is 56.0. The number of nitrogens with two attached hydrogens (primary N) is 1. The molecule has 9 saturated carbocycles. The Morgan fingerprint density at radius 3 is 2.37 bits per heavy atom. The fourth-order valence-electron chi connectivity index (χ4n) is 28.6. The lowest BCUT2D eigenvalue weighted by atomic mass is 9.29. The third-order valence-electron chi connectivity index (χ3n) is 32.6. The summed E-state index contributed by atoms with van der Waals surface area (Å²) in [4.78, 5) is 30.9. The second kappa shape index (κ2) is 20.6. The Labute approximate surface area is 548 Å². The van der Waals surface area contributed by atoms with Crippen molar-refractivity contribution in [3.63, 3.8) is 0 Å². The van der Waals surface area contributed by atoms with Gasteiger partial charge in [-0.1, -0.05) is 112 Å². The Kier molecular flexibility index (Phi) is 13.8. The number of ether oxygens (including phenoxy) is 2. The summed E-state index contributed by atoms with van der Waals surface area (Å²) >= 11 is 0. The molecule has 14 aliphatic carbocycles. The van der Waals surface area contributed by atoms with Crippen molar-refractivity contribution in [1.82, 2.24) is 5.32 Å². The van der Waals surface area contributed by atoms with E-state index in [1.54, 1.807) is 0 Å². The van der Waals surface area contributed by atoms with Gasteiger partial charge in [0.15, 0.2) is 5.78 Å². The predicted octanol–water partition coefficient (Wildman–Crippen LogP) is 12.2. The van der Waals surface area contributed by atoms with E-state index in [0.717, 1.165) is 75.4 Å². The van der Waals surface area contributed by atoms with Gasteiger partial charge in [-0.15, -0.1) is 0 Å². The first-order valence-corrected chi connectivity index (χ1v) is 37.3. The summed E-state index contributed by atoms with van der Waals surface area (Å²) < 4.78 is 14.6. The van der Waals surface area contributed by atoms with Crippen LogP contribution in [0.2, 0.25) is 0 Å². The van der Waals surface area contributed by atoms with Crippen LogP contribution in [-0.4, -0.2) is 99.1 Å². The molecular weight excluding hydrogens is 1140 g/mol. The second-order valence-electron chi connectivity index (χ2n) is 36.3. The number of carbonyl (C=O) groups excluding carboxylic acids is 2. The summed E-state index contributed by atoms with van der Waals surface area (Å²) in [6, 6.07) is 9.00. The number of aryl methyl sites for hydroxylation is 1. The van der Waals surface area contributed by atoms with Crippen LogP contribution in [0.3, 0.4) is 0 Å². The second-order valence-corrected chi connectivity index (χ2v) is 36.3. The summed E-state index contributed by atoms with van der Waals surface area (Å²) in [5.74, 6) is 7.51. The highest BCUT2D eigenvalue weighted by molar-refractivity contribution is 5.96. The zero-order valence-electron chi connectivity index (χ0n) is 56.0. The normalized spacial score (nSPS) is 49.0. The summed E-state index contributed by atoms with van der Waals surface area (Å²) in [5.41, 5.74) is 3.73. The number of benzene rings is 1. The molecule has 17 aliphatic rings. The zero-order chi connectivity index (χ0) is 63.5. The van der Waals surface area contributed by atoms with Crippen LogP contribution in [0.4, 0.5) is 0 Å². The third-order valence-corrected chi connectivity index (χ3v) is 32.6. The van der Waals surface area contributed by atoms with Crippen molar-refractivity contribution in [2.45, 2.75) is 249 Å². The van der Waals surface area contributed by atoms with Crippen molar-refractivity contribution in [2.24, 2.45) is 107 Å². The van der Waals surface area contributed by atoms with E-state index in [0.29, 0.717) is 83.2 Å². The number of hydrogen-bond acceptors (Lipinski definition) is 11. The van der Waals surface area contributed by atoms with E-state index in [9.17, 15) is 25.2 Å². The van der Waals surface area contributed by atoms with Crippen molar-refractivity contribution in [2.75, 3.05) is 26.4 Å². The first kappa shape index (κ1) is 61.7. The van der Waals surface area contributed by atoms with Crippen molar-refractivity contribution >= 4 is 12.1 Å². The Hall–Kier alpha value is -3.86.